The minimum Gasteiger partial charge on any atom is -0.474 e. The minimum absolute atomic E-state index is 0.0652. The standard InChI is InChI=1S/C16H23N3O4/c1-22-9-10-23-15-12(3-2-7-17-15)18-16(21)19-8-6-11-4-5-13(20)14(11)19/h2-3,7,11,13-14,20H,4-6,8-10H2,1H3,(H,18,21)/t11-,13+,14+/m0/s1. The predicted molar refractivity (Wildman–Crippen MR) is 84.5 cm³/mol. The van der Waals surface area contributed by atoms with Crippen LogP contribution in [0, 0.1) is 5.92 Å². The fourth-order valence-corrected chi connectivity index (χ4v) is 3.52. The van der Waals surface area contributed by atoms with Crippen molar-refractivity contribution in [1.29, 1.82) is 0 Å². The Labute approximate surface area is 135 Å². The molecule has 23 heavy (non-hydrogen) atoms. The quantitative estimate of drug-likeness (QED) is 0.803. The molecule has 3 atom stereocenters. The number of anilines is 1. The highest BCUT2D eigenvalue weighted by molar-refractivity contribution is 5.91. The Morgan fingerprint density at radius 3 is 3.13 bits per heavy atom. The maximum absolute atomic E-state index is 12.6. The molecule has 2 aliphatic rings. The Morgan fingerprint density at radius 1 is 1.43 bits per heavy atom. The second kappa shape index (κ2) is 7.14. The van der Waals surface area contributed by atoms with Crippen molar-refractivity contribution in [2.45, 2.75) is 31.4 Å². The second-order valence-corrected chi connectivity index (χ2v) is 6.00. The molecule has 0 spiro atoms. The Bertz CT molecular complexity index is 554. The van der Waals surface area contributed by atoms with Gasteiger partial charge in [-0.25, -0.2) is 9.78 Å². The van der Waals surface area contributed by atoms with Crippen molar-refractivity contribution in [2.24, 2.45) is 5.92 Å². The molecule has 3 rings (SSSR count). The average Bonchev–Trinajstić information content (AvgIpc) is 3.13. The molecule has 1 aliphatic heterocycles. The van der Waals surface area contributed by atoms with Crippen LogP contribution in [0.5, 0.6) is 5.88 Å². The topological polar surface area (TPSA) is 83.9 Å². The third-order valence-corrected chi connectivity index (χ3v) is 4.61. The summed E-state index contributed by atoms with van der Waals surface area (Å²) >= 11 is 0. The zero-order valence-electron chi connectivity index (χ0n) is 13.3. The SMILES string of the molecule is COCCOc1ncccc1NC(=O)N1CC[C@@H]2CC[C@@H](O)[C@@H]21. The van der Waals surface area contributed by atoms with E-state index in [1.54, 1.807) is 30.3 Å². The maximum atomic E-state index is 12.6. The van der Waals surface area contributed by atoms with Gasteiger partial charge in [0.1, 0.15) is 12.3 Å². The molecule has 0 radical (unpaired) electrons. The number of nitrogens with zero attached hydrogens (tertiary/aromatic N) is 2. The summed E-state index contributed by atoms with van der Waals surface area (Å²) in [6, 6.07) is 3.23. The van der Waals surface area contributed by atoms with Gasteiger partial charge >= 0.3 is 6.03 Å². The zero-order chi connectivity index (χ0) is 16.2. The number of carbonyl (C=O) groups excluding carboxylic acids is 1. The molecular formula is C16H23N3O4. The molecule has 1 aromatic heterocycles. The second-order valence-electron chi connectivity index (χ2n) is 6.00. The van der Waals surface area contributed by atoms with Crippen molar-refractivity contribution in [3.63, 3.8) is 0 Å². The van der Waals surface area contributed by atoms with Crippen LogP contribution in [0.15, 0.2) is 18.3 Å². The number of aliphatic hydroxyl groups excluding tert-OH is 1. The molecule has 0 aromatic carbocycles. The molecule has 2 N–H and O–H groups in total. The third kappa shape index (κ3) is 3.40. The molecule has 2 amide bonds. The fourth-order valence-electron chi connectivity index (χ4n) is 3.52. The van der Waals surface area contributed by atoms with Crippen molar-refractivity contribution in [3.05, 3.63) is 18.3 Å². The first-order valence-electron chi connectivity index (χ1n) is 8.03. The number of likely N-dealkylation sites (tertiary alicyclic amines) is 1. The predicted octanol–water partition coefficient (Wildman–Crippen LogP) is 1.48. The number of ether oxygens (including phenoxy) is 2. The maximum Gasteiger partial charge on any atom is 0.322 e. The van der Waals surface area contributed by atoms with Crippen molar-refractivity contribution in [2.75, 3.05) is 32.2 Å². The van der Waals surface area contributed by atoms with Gasteiger partial charge in [0.2, 0.25) is 5.88 Å². The van der Waals surface area contributed by atoms with Gasteiger partial charge in [-0.3, -0.25) is 0 Å². The molecule has 1 aromatic rings. The summed E-state index contributed by atoms with van der Waals surface area (Å²) < 4.78 is 10.5. The molecule has 7 heteroatoms. The van der Waals surface area contributed by atoms with Gasteiger partial charge in [-0.05, 0) is 37.3 Å². The lowest BCUT2D eigenvalue weighted by Crippen LogP contribution is -2.44. The normalized spacial score (nSPS) is 26.2. The van der Waals surface area contributed by atoms with E-state index in [-0.39, 0.29) is 12.1 Å². The van der Waals surface area contributed by atoms with E-state index in [2.05, 4.69) is 10.3 Å². The highest BCUT2D eigenvalue weighted by Crippen LogP contribution is 2.38. The lowest BCUT2D eigenvalue weighted by atomic mass is 10.0. The van der Waals surface area contributed by atoms with Crippen LogP contribution in [0.4, 0.5) is 10.5 Å². The van der Waals surface area contributed by atoms with Crippen molar-refractivity contribution in [1.82, 2.24) is 9.88 Å². The average molecular weight is 321 g/mol. The number of aliphatic hydroxyl groups is 1. The summed E-state index contributed by atoms with van der Waals surface area (Å²) in [5, 5.41) is 13.0. The number of carbonyl (C=O) groups is 1. The van der Waals surface area contributed by atoms with Gasteiger partial charge < -0.3 is 24.8 Å². The number of pyridine rings is 1. The number of hydrogen-bond donors (Lipinski definition) is 2. The number of aromatic nitrogens is 1. The monoisotopic (exact) mass is 321 g/mol. The molecule has 126 valence electrons. The minimum atomic E-state index is -0.417. The van der Waals surface area contributed by atoms with Crippen LogP contribution >= 0.6 is 0 Å². The number of rotatable bonds is 5. The molecule has 1 aliphatic carbocycles. The lowest BCUT2D eigenvalue weighted by molar-refractivity contribution is 0.101. The van der Waals surface area contributed by atoms with E-state index < -0.39 is 6.10 Å². The molecule has 1 saturated carbocycles. The van der Waals surface area contributed by atoms with Crippen LogP contribution in [0.2, 0.25) is 0 Å². The fraction of sp³-hybridized carbons (Fsp3) is 0.625. The summed E-state index contributed by atoms with van der Waals surface area (Å²) in [7, 11) is 1.60. The van der Waals surface area contributed by atoms with Crippen LogP contribution in [0.3, 0.4) is 0 Å². The van der Waals surface area contributed by atoms with E-state index in [9.17, 15) is 9.90 Å². The number of nitrogens with one attached hydrogen (secondary N) is 1. The van der Waals surface area contributed by atoms with Crippen LogP contribution < -0.4 is 10.1 Å². The van der Waals surface area contributed by atoms with E-state index in [1.807, 2.05) is 0 Å². The summed E-state index contributed by atoms with van der Waals surface area (Å²) in [5.41, 5.74) is 0.532. The van der Waals surface area contributed by atoms with Crippen molar-refractivity contribution >= 4 is 11.7 Å². The highest BCUT2D eigenvalue weighted by Gasteiger charge is 2.45. The molecule has 0 bridgehead atoms. The smallest absolute Gasteiger partial charge is 0.322 e. The van der Waals surface area contributed by atoms with Crippen LogP contribution in [0.1, 0.15) is 19.3 Å². The van der Waals surface area contributed by atoms with E-state index in [0.717, 1.165) is 19.3 Å². The van der Waals surface area contributed by atoms with Crippen LogP contribution in [-0.2, 0) is 4.74 Å². The molecule has 2 heterocycles. The van der Waals surface area contributed by atoms with E-state index in [1.165, 1.54) is 0 Å². The first kappa shape index (κ1) is 16.0. The van der Waals surface area contributed by atoms with E-state index in [0.29, 0.717) is 37.2 Å². The van der Waals surface area contributed by atoms with E-state index in [4.69, 9.17) is 9.47 Å². The number of methoxy groups -OCH3 is 1. The van der Waals surface area contributed by atoms with Crippen molar-refractivity contribution < 1.29 is 19.4 Å². The largest absolute Gasteiger partial charge is 0.474 e. The third-order valence-electron chi connectivity index (χ3n) is 4.61. The molecular weight excluding hydrogens is 298 g/mol. The lowest BCUT2D eigenvalue weighted by Gasteiger charge is -2.27. The van der Waals surface area contributed by atoms with Gasteiger partial charge in [-0.1, -0.05) is 0 Å². The summed E-state index contributed by atoms with van der Waals surface area (Å²) in [4.78, 5) is 18.5. The highest BCUT2D eigenvalue weighted by atomic mass is 16.5. The molecule has 0 unspecified atom stereocenters. The Morgan fingerprint density at radius 2 is 2.30 bits per heavy atom. The van der Waals surface area contributed by atoms with Gasteiger partial charge in [0.15, 0.2) is 0 Å². The molecule has 7 nitrogen and oxygen atoms in total. The van der Waals surface area contributed by atoms with Crippen LogP contribution in [-0.4, -0.2) is 60.0 Å². The molecule has 2 fully saturated rings. The van der Waals surface area contributed by atoms with Gasteiger partial charge in [0.25, 0.3) is 0 Å². The zero-order valence-corrected chi connectivity index (χ0v) is 13.3. The van der Waals surface area contributed by atoms with Crippen LogP contribution in [0.25, 0.3) is 0 Å². The first-order valence-corrected chi connectivity index (χ1v) is 8.03. The van der Waals surface area contributed by atoms with Gasteiger partial charge in [-0.15, -0.1) is 0 Å². The van der Waals surface area contributed by atoms with Crippen molar-refractivity contribution in [3.8, 4) is 5.88 Å². The molecule has 1 saturated heterocycles. The number of amides is 2. The van der Waals surface area contributed by atoms with Gasteiger partial charge in [0, 0.05) is 19.9 Å². The Kier molecular flexibility index (Phi) is 4.97. The Balaban J connectivity index is 1.66. The first-order chi connectivity index (χ1) is 11.2. The van der Waals surface area contributed by atoms with E-state index >= 15 is 0 Å². The number of fused-ring (bicyclic) bond motifs is 1. The summed E-state index contributed by atoms with van der Waals surface area (Å²) in [5.74, 6) is 0.794. The van der Waals surface area contributed by atoms with Gasteiger partial charge in [0.05, 0.1) is 18.8 Å². The summed E-state index contributed by atoms with van der Waals surface area (Å²) in [6.07, 6.45) is 3.93. The van der Waals surface area contributed by atoms with Gasteiger partial charge in [-0.2, -0.15) is 0 Å². The number of urea groups is 1. The summed E-state index contributed by atoms with van der Waals surface area (Å²) in [6.45, 7) is 1.49. The Hall–Kier alpha value is -1.86. The number of hydrogen-bond acceptors (Lipinski definition) is 5.